The van der Waals surface area contributed by atoms with E-state index in [1.807, 2.05) is 0 Å². The minimum atomic E-state index is -0.116. The summed E-state index contributed by atoms with van der Waals surface area (Å²) in [5.41, 5.74) is -0.116. The topological polar surface area (TPSA) is 36.1 Å². The van der Waals surface area contributed by atoms with Gasteiger partial charge in [-0.05, 0) is 45.2 Å². The fourth-order valence-electron chi connectivity index (χ4n) is 0.530. The van der Waals surface area contributed by atoms with Crippen LogP contribution in [0.25, 0.3) is 0 Å². The van der Waals surface area contributed by atoms with Crippen LogP contribution in [0.1, 0.15) is 0 Å². The Morgan fingerprint density at radius 3 is 1.78 bits per heavy atom. The monoisotopic (exact) mass is 373 g/mol. The van der Waals surface area contributed by atoms with Crippen LogP contribution in [0.2, 0.25) is 0 Å². The van der Waals surface area contributed by atoms with Crippen molar-refractivity contribution in [3.05, 3.63) is 0 Å². The van der Waals surface area contributed by atoms with Gasteiger partial charge in [-0.25, -0.2) is 0 Å². The van der Waals surface area contributed by atoms with Gasteiger partial charge in [0.15, 0.2) is 0 Å². The van der Waals surface area contributed by atoms with Crippen molar-refractivity contribution < 1.29 is 0 Å². The lowest BCUT2D eigenvalue weighted by Crippen LogP contribution is -2.60. The van der Waals surface area contributed by atoms with Crippen molar-refractivity contribution in [1.29, 1.82) is 0 Å². The second-order valence-corrected chi connectivity index (χ2v) is 4.52. The number of rotatable bonds is 0. The van der Waals surface area contributed by atoms with Crippen LogP contribution in [-0.2, 0) is 0 Å². The molecule has 1 aliphatic rings. The van der Waals surface area contributed by atoms with Gasteiger partial charge in [-0.3, -0.25) is 16.0 Å². The van der Waals surface area contributed by atoms with Gasteiger partial charge in [0, 0.05) is 0 Å². The Morgan fingerprint density at radius 1 is 1.00 bits per heavy atom. The molecule has 9 heavy (non-hydrogen) atoms. The van der Waals surface area contributed by atoms with E-state index in [-0.39, 0.29) is 14.0 Å². The highest BCUT2D eigenvalue weighted by molar-refractivity contribution is 14.1. The summed E-state index contributed by atoms with van der Waals surface area (Å²) in [6, 6.07) is 0. The molecule has 0 aromatic rings. The molecule has 1 saturated heterocycles. The van der Waals surface area contributed by atoms with E-state index in [0.29, 0.717) is 0 Å². The van der Waals surface area contributed by atoms with Gasteiger partial charge in [0.25, 0.3) is 0 Å². The Kier molecular flexibility index (Phi) is 3.74. The highest BCUT2D eigenvalue weighted by Gasteiger charge is 2.20. The standard InChI is InChI=1S/C3H6ClI2N3/c4-1-7-2(5)9-3(6)8-1/h1-3,7-9H. The molecule has 2 atom stereocenters. The minimum Gasteiger partial charge on any atom is -0.270 e. The first-order valence-electron chi connectivity index (χ1n) is 2.39. The van der Waals surface area contributed by atoms with Gasteiger partial charge < -0.3 is 0 Å². The molecule has 1 rings (SSSR count). The highest BCUT2D eigenvalue weighted by atomic mass is 127. The van der Waals surface area contributed by atoms with Gasteiger partial charge >= 0.3 is 0 Å². The fourth-order valence-corrected chi connectivity index (χ4v) is 3.33. The predicted octanol–water partition coefficient (Wildman–Crippen LogP) is 0.728. The minimum absolute atomic E-state index is 0.116. The second-order valence-electron chi connectivity index (χ2n) is 1.59. The molecule has 0 aliphatic carbocycles. The molecular weight excluding hydrogens is 367 g/mol. The number of nitrogens with one attached hydrogen (secondary N) is 3. The number of hydrogen-bond donors (Lipinski definition) is 3. The van der Waals surface area contributed by atoms with Gasteiger partial charge in [0.2, 0.25) is 0 Å². The average molecular weight is 373 g/mol. The van der Waals surface area contributed by atoms with E-state index in [0.717, 1.165) is 0 Å². The summed E-state index contributed by atoms with van der Waals surface area (Å²) >= 11 is 10.2. The SMILES string of the molecule is ClC1NC(I)NC(I)N1. The largest absolute Gasteiger partial charge is 0.270 e. The molecule has 1 fully saturated rings. The summed E-state index contributed by atoms with van der Waals surface area (Å²) < 4.78 is 0.515. The summed E-state index contributed by atoms with van der Waals surface area (Å²) in [6.45, 7) is 0. The fraction of sp³-hybridized carbons (Fsp3) is 1.00. The Hall–Kier alpha value is 1.63. The molecule has 0 spiro atoms. The molecule has 2 unspecified atom stereocenters. The smallest absolute Gasteiger partial charge is 0.138 e. The zero-order valence-electron chi connectivity index (χ0n) is 4.37. The van der Waals surface area contributed by atoms with Gasteiger partial charge in [0.1, 0.15) is 14.0 Å². The number of hydrogen-bond acceptors (Lipinski definition) is 3. The lowest BCUT2D eigenvalue weighted by molar-refractivity contribution is 0.385. The molecule has 0 aromatic carbocycles. The van der Waals surface area contributed by atoms with Crippen molar-refractivity contribution in [2.45, 2.75) is 14.0 Å². The zero-order valence-corrected chi connectivity index (χ0v) is 9.44. The molecule has 0 aromatic heterocycles. The maximum atomic E-state index is 5.73. The van der Waals surface area contributed by atoms with Crippen LogP contribution >= 0.6 is 56.8 Å². The molecule has 1 aliphatic heterocycles. The first-order valence-corrected chi connectivity index (χ1v) is 5.31. The molecule has 0 radical (unpaired) electrons. The molecule has 54 valence electrons. The molecule has 0 amide bonds. The first kappa shape index (κ1) is 8.72. The number of alkyl halides is 3. The Morgan fingerprint density at radius 2 is 1.44 bits per heavy atom. The molecule has 1 heterocycles. The zero-order chi connectivity index (χ0) is 6.85. The lowest BCUT2D eigenvalue weighted by atomic mass is 10.8. The third kappa shape index (κ3) is 3.02. The quantitative estimate of drug-likeness (QED) is 0.333. The van der Waals surface area contributed by atoms with Crippen LogP contribution in [0.4, 0.5) is 0 Å². The molecule has 6 heteroatoms. The Labute approximate surface area is 85.9 Å². The van der Waals surface area contributed by atoms with Crippen LogP contribution in [0, 0.1) is 0 Å². The van der Waals surface area contributed by atoms with Gasteiger partial charge in [0.05, 0.1) is 0 Å². The van der Waals surface area contributed by atoms with E-state index in [4.69, 9.17) is 11.6 Å². The lowest BCUT2D eigenvalue weighted by Gasteiger charge is -2.29. The Balaban J connectivity index is 2.34. The number of halogens is 3. The predicted molar refractivity (Wildman–Crippen MR) is 54.7 cm³/mol. The second kappa shape index (κ2) is 3.86. The van der Waals surface area contributed by atoms with E-state index in [9.17, 15) is 0 Å². The van der Waals surface area contributed by atoms with Crippen molar-refractivity contribution in [3.63, 3.8) is 0 Å². The van der Waals surface area contributed by atoms with Crippen LogP contribution in [0.3, 0.4) is 0 Å². The van der Waals surface area contributed by atoms with Crippen molar-refractivity contribution in [2.24, 2.45) is 0 Å². The molecular formula is C3H6ClI2N3. The van der Waals surface area contributed by atoms with Crippen LogP contribution in [0.5, 0.6) is 0 Å². The van der Waals surface area contributed by atoms with Crippen LogP contribution < -0.4 is 16.0 Å². The normalized spacial score (nSPS) is 45.0. The summed E-state index contributed by atoms with van der Waals surface area (Å²) in [5.74, 6) is 0. The third-order valence-corrected chi connectivity index (χ3v) is 2.57. The molecule has 3 N–H and O–H groups in total. The summed E-state index contributed by atoms with van der Waals surface area (Å²) in [7, 11) is 0. The summed E-state index contributed by atoms with van der Waals surface area (Å²) in [4.78, 5) is 0. The first-order chi connectivity index (χ1) is 4.18. The van der Waals surface area contributed by atoms with Crippen LogP contribution in [0.15, 0.2) is 0 Å². The molecule has 0 bridgehead atoms. The van der Waals surface area contributed by atoms with Gasteiger partial charge in [-0.1, -0.05) is 11.6 Å². The highest BCUT2D eigenvalue weighted by Crippen LogP contribution is 2.06. The maximum absolute atomic E-state index is 5.73. The van der Waals surface area contributed by atoms with Gasteiger partial charge in [-0.15, -0.1) is 0 Å². The van der Waals surface area contributed by atoms with Crippen molar-refractivity contribution in [2.75, 3.05) is 0 Å². The van der Waals surface area contributed by atoms with E-state index in [2.05, 4.69) is 61.1 Å². The van der Waals surface area contributed by atoms with E-state index in [1.54, 1.807) is 0 Å². The summed E-state index contributed by atoms with van der Waals surface area (Å²) in [6.07, 6.45) is 0. The van der Waals surface area contributed by atoms with E-state index >= 15 is 0 Å². The van der Waals surface area contributed by atoms with Gasteiger partial charge in [-0.2, -0.15) is 0 Å². The summed E-state index contributed by atoms with van der Waals surface area (Å²) in [5, 5.41) is 9.25. The third-order valence-electron chi connectivity index (χ3n) is 0.878. The van der Waals surface area contributed by atoms with E-state index < -0.39 is 0 Å². The Bertz CT molecular complexity index is 78.0. The molecule has 3 nitrogen and oxygen atoms in total. The average Bonchev–Trinajstić information content (AvgIpc) is 1.59. The van der Waals surface area contributed by atoms with Crippen molar-refractivity contribution in [3.8, 4) is 0 Å². The van der Waals surface area contributed by atoms with Crippen molar-refractivity contribution in [1.82, 2.24) is 16.0 Å². The van der Waals surface area contributed by atoms with Crippen molar-refractivity contribution >= 4 is 56.8 Å². The maximum Gasteiger partial charge on any atom is 0.138 e. The molecule has 0 saturated carbocycles. The van der Waals surface area contributed by atoms with Crippen LogP contribution in [-0.4, -0.2) is 14.0 Å². The van der Waals surface area contributed by atoms with E-state index in [1.165, 1.54) is 0 Å².